The number of nitriles is 1. The molecule has 0 saturated carbocycles. The summed E-state index contributed by atoms with van der Waals surface area (Å²) in [4.78, 5) is 0. The molecule has 62 valence electrons. The quantitative estimate of drug-likeness (QED) is 0.635. The SMILES string of the molecule is CC(C#N)OC1CCCNC1. The standard InChI is InChI=1S/C8H14N2O/c1-7(5-9)11-8-3-2-4-10-6-8/h7-8,10H,2-4,6H2,1H3. The molecule has 3 nitrogen and oxygen atoms in total. The third kappa shape index (κ3) is 2.87. The minimum absolute atomic E-state index is 0.249. The minimum Gasteiger partial charge on any atom is -0.359 e. The van der Waals surface area contributed by atoms with Gasteiger partial charge in [-0.2, -0.15) is 5.26 Å². The number of nitrogens with one attached hydrogen (secondary N) is 1. The average molecular weight is 154 g/mol. The summed E-state index contributed by atoms with van der Waals surface area (Å²) in [6, 6.07) is 2.06. The molecule has 0 aliphatic carbocycles. The summed E-state index contributed by atoms with van der Waals surface area (Å²) in [5.41, 5.74) is 0. The van der Waals surface area contributed by atoms with Crippen LogP contribution in [0.4, 0.5) is 0 Å². The topological polar surface area (TPSA) is 45.0 Å². The number of hydrogen-bond donors (Lipinski definition) is 1. The van der Waals surface area contributed by atoms with Crippen LogP contribution in [0.15, 0.2) is 0 Å². The van der Waals surface area contributed by atoms with Gasteiger partial charge in [0.15, 0.2) is 0 Å². The van der Waals surface area contributed by atoms with E-state index >= 15 is 0 Å². The van der Waals surface area contributed by atoms with Gasteiger partial charge in [-0.3, -0.25) is 0 Å². The summed E-state index contributed by atoms with van der Waals surface area (Å²) in [5, 5.41) is 11.7. The summed E-state index contributed by atoms with van der Waals surface area (Å²) in [6.45, 7) is 3.77. The number of ether oxygens (including phenoxy) is 1. The van der Waals surface area contributed by atoms with Gasteiger partial charge in [-0.25, -0.2) is 0 Å². The Bertz CT molecular complexity index is 147. The molecule has 0 aromatic heterocycles. The fraction of sp³-hybridized carbons (Fsp3) is 0.875. The lowest BCUT2D eigenvalue weighted by Crippen LogP contribution is -2.36. The Kier molecular flexibility index (Phi) is 3.34. The third-order valence-corrected chi connectivity index (χ3v) is 1.83. The Morgan fingerprint density at radius 2 is 2.55 bits per heavy atom. The highest BCUT2D eigenvalue weighted by molar-refractivity contribution is 4.82. The predicted octanol–water partition coefficient (Wildman–Crippen LogP) is 0.667. The number of rotatable bonds is 2. The molecule has 1 fully saturated rings. The zero-order chi connectivity index (χ0) is 8.10. The highest BCUT2D eigenvalue weighted by atomic mass is 16.5. The zero-order valence-electron chi connectivity index (χ0n) is 6.84. The fourth-order valence-corrected chi connectivity index (χ4v) is 1.26. The van der Waals surface area contributed by atoms with Crippen LogP contribution in [0.25, 0.3) is 0 Å². The number of hydrogen-bond acceptors (Lipinski definition) is 3. The van der Waals surface area contributed by atoms with Crippen molar-refractivity contribution in [2.24, 2.45) is 0 Å². The van der Waals surface area contributed by atoms with E-state index in [0.717, 1.165) is 25.9 Å². The lowest BCUT2D eigenvalue weighted by molar-refractivity contribution is 0.0127. The smallest absolute Gasteiger partial charge is 0.141 e. The van der Waals surface area contributed by atoms with Crippen LogP contribution in [0, 0.1) is 11.3 Å². The summed E-state index contributed by atoms with van der Waals surface area (Å²) in [7, 11) is 0. The van der Waals surface area contributed by atoms with Gasteiger partial charge in [-0.05, 0) is 26.3 Å². The van der Waals surface area contributed by atoms with Crippen LogP contribution in [-0.2, 0) is 4.74 Å². The Labute approximate surface area is 67.3 Å². The maximum atomic E-state index is 8.47. The molecular formula is C8H14N2O. The first-order valence-corrected chi connectivity index (χ1v) is 4.08. The molecule has 3 heteroatoms. The molecule has 1 aliphatic heterocycles. The van der Waals surface area contributed by atoms with E-state index in [4.69, 9.17) is 10.00 Å². The van der Waals surface area contributed by atoms with Gasteiger partial charge in [0, 0.05) is 6.54 Å². The maximum Gasteiger partial charge on any atom is 0.141 e. The van der Waals surface area contributed by atoms with E-state index in [1.165, 1.54) is 0 Å². The summed E-state index contributed by atoms with van der Waals surface area (Å²) in [5.74, 6) is 0. The molecule has 1 rings (SSSR count). The largest absolute Gasteiger partial charge is 0.359 e. The summed E-state index contributed by atoms with van der Waals surface area (Å²) in [6.07, 6.45) is 2.22. The Morgan fingerprint density at radius 1 is 1.73 bits per heavy atom. The number of piperidine rings is 1. The summed E-state index contributed by atoms with van der Waals surface area (Å²) < 4.78 is 5.42. The molecular weight excluding hydrogens is 140 g/mol. The molecule has 0 radical (unpaired) electrons. The van der Waals surface area contributed by atoms with E-state index in [1.54, 1.807) is 6.92 Å². The van der Waals surface area contributed by atoms with Gasteiger partial charge in [-0.15, -0.1) is 0 Å². The van der Waals surface area contributed by atoms with Gasteiger partial charge in [0.05, 0.1) is 12.2 Å². The van der Waals surface area contributed by atoms with Crippen LogP contribution in [0.5, 0.6) is 0 Å². The highest BCUT2D eigenvalue weighted by Crippen LogP contribution is 2.07. The molecule has 1 saturated heterocycles. The molecule has 2 unspecified atom stereocenters. The first kappa shape index (κ1) is 8.51. The van der Waals surface area contributed by atoms with Crippen LogP contribution in [0.3, 0.4) is 0 Å². The van der Waals surface area contributed by atoms with Crippen LogP contribution >= 0.6 is 0 Å². The summed E-state index contributed by atoms with van der Waals surface area (Å²) >= 11 is 0. The molecule has 0 aromatic carbocycles. The molecule has 1 heterocycles. The number of nitrogens with zero attached hydrogens (tertiary/aromatic N) is 1. The van der Waals surface area contributed by atoms with Gasteiger partial charge < -0.3 is 10.1 Å². The molecule has 1 aliphatic rings. The second kappa shape index (κ2) is 4.32. The molecule has 2 atom stereocenters. The monoisotopic (exact) mass is 154 g/mol. The zero-order valence-corrected chi connectivity index (χ0v) is 6.84. The van der Waals surface area contributed by atoms with Crippen molar-refractivity contribution in [1.29, 1.82) is 5.26 Å². The van der Waals surface area contributed by atoms with Crippen molar-refractivity contribution in [3.8, 4) is 6.07 Å². The Hall–Kier alpha value is -0.590. The predicted molar refractivity (Wildman–Crippen MR) is 42.1 cm³/mol. The van der Waals surface area contributed by atoms with Gasteiger partial charge >= 0.3 is 0 Å². The van der Waals surface area contributed by atoms with E-state index in [2.05, 4.69) is 11.4 Å². The van der Waals surface area contributed by atoms with Crippen LogP contribution < -0.4 is 5.32 Å². The van der Waals surface area contributed by atoms with Crippen LogP contribution in [0.2, 0.25) is 0 Å². The molecule has 11 heavy (non-hydrogen) atoms. The fourth-order valence-electron chi connectivity index (χ4n) is 1.26. The maximum absolute atomic E-state index is 8.47. The normalized spacial score (nSPS) is 27.5. The second-order valence-corrected chi connectivity index (χ2v) is 2.88. The van der Waals surface area contributed by atoms with Crippen molar-refractivity contribution >= 4 is 0 Å². The molecule has 1 N–H and O–H groups in total. The molecule has 0 amide bonds. The van der Waals surface area contributed by atoms with Crippen molar-refractivity contribution < 1.29 is 4.74 Å². The van der Waals surface area contributed by atoms with Crippen LogP contribution in [0.1, 0.15) is 19.8 Å². The van der Waals surface area contributed by atoms with Gasteiger partial charge in [0.2, 0.25) is 0 Å². The lowest BCUT2D eigenvalue weighted by atomic mass is 10.1. The molecule has 0 aromatic rings. The van der Waals surface area contributed by atoms with E-state index < -0.39 is 0 Å². The van der Waals surface area contributed by atoms with Crippen molar-refractivity contribution in [3.63, 3.8) is 0 Å². The van der Waals surface area contributed by atoms with Crippen molar-refractivity contribution in [1.82, 2.24) is 5.32 Å². The Morgan fingerprint density at radius 3 is 3.09 bits per heavy atom. The van der Waals surface area contributed by atoms with E-state index in [0.29, 0.717) is 0 Å². The van der Waals surface area contributed by atoms with Crippen molar-refractivity contribution in [2.45, 2.75) is 32.0 Å². The van der Waals surface area contributed by atoms with Gasteiger partial charge in [-0.1, -0.05) is 0 Å². The van der Waals surface area contributed by atoms with Gasteiger partial charge in [0.25, 0.3) is 0 Å². The van der Waals surface area contributed by atoms with E-state index in [9.17, 15) is 0 Å². The first-order valence-electron chi connectivity index (χ1n) is 4.08. The van der Waals surface area contributed by atoms with Crippen molar-refractivity contribution in [3.05, 3.63) is 0 Å². The van der Waals surface area contributed by atoms with Crippen LogP contribution in [-0.4, -0.2) is 25.3 Å². The first-order chi connectivity index (χ1) is 5.33. The minimum atomic E-state index is -0.264. The lowest BCUT2D eigenvalue weighted by Gasteiger charge is -2.23. The second-order valence-electron chi connectivity index (χ2n) is 2.88. The van der Waals surface area contributed by atoms with Crippen molar-refractivity contribution in [2.75, 3.05) is 13.1 Å². The van der Waals surface area contributed by atoms with E-state index in [-0.39, 0.29) is 12.2 Å². The Balaban J connectivity index is 2.20. The third-order valence-electron chi connectivity index (χ3n) is 1.83. The molecule has 0 spiro atoms. The van der Waals surface area contributed by atoms with E-state index in [1.807, 2.05) is 0 Å². The van der Waals surface area contributed by atoms with Gasteiger partial charge in [0.1, 0.15) is 6.10 Å². The highest BCUT2D eigenvalue weighted by Gasteiger charge is 2.15. The average Bonchev–Trinajstić information content (AvgIpc) is 2.06. The molecule has 0 bridgehead atoms.